The number of benzene rings is 2. The quantitative estimate of drug-likeness (QED) is 0.0297. The number of aliphatic imine (C=N–C) groups is 1. The summed E-state index contributed by atoms with van der Waals surface area (Å²) in [5.74, 6) is -4.41. The summed E-state index contributed by atoms with van der Waals surface area (Å²) in [6.45, 7) is 0.170. The van der Waals surface area contributed by atoms with E-state index < -0.39 is 60.3 Å². The summed E-state index contributed by atoms with van der Waals surface area (Å²) < 4.78 is 1.59. The molecule has 16 nitrogen and oxygen atoms in total. The molecule has 0 aliphatic rings. The van der Waals surface area contributed by atoms with Gasteiger partial charge in [-0.2, -0.15) is 0 Å². The first-order valence-electron chi connectivity index (χ1n) is 17.0. The van der Waals surface area contributed by atoms with Crippen LogP contribution in [0, 0.1) is 0 Å². The number of amides is 4. The lowest BCUT2D eigenvalue weighted by Crippen LogP contribution is -2.58. The van der Waals surface area contributed by atoms with E-state index in [2.05, 4.69) is 42.2 Å². The van der Waals surface area contributed by atoms with Crippen LogP contribution in [0.15, 0.2) is 58.0 Å². The van der Waals surface area contributed by atoms with Gasteiger partial charge in [0.25, 0.3) is 0 Å². The zero-order valence-electron chi connectivity index (χ0n) is 29.9. The van der Waals surface area contributed by atoms with Crippen molar-refractivity contribution in [3.05, 3.63) is 64.1 Å². The second-order valence-electron chi connectivity index (χ2n) is 13.5. The standard InChI is InChI=1S/C35H52BrN9O7/c1-45(2,3)18-5-4-7-27(42-31(49)26(37)19-22-9-13-24(36)14-10-22)33(51)43-28(8-6-17-40-35(38)39)34(52)44-29(32(50)41-21-30(47)48)20-23-11-15-25(46)16-12-23/h9-16,26-29H,4-8,17-21,37H2,1-3H3,(H9-,38,39,40,41,42,43,44,46,47,48,49,50,51,52). The molecule has 0 saturated heterocycles. The van der Waals surface area contributed by atoms with Crippen LogP contribution in [0.2, 0.25) is 0 Å². The van der Waals surface area contributed by atoms with Crippen LogP contribution in [-0.4, -0.2) is 110 Å². The third-order valence-corrected chi connectivity index (χ3v) is 8.43. The molecule has 17 heteroatoms. The predicted molar refractivity (Wildman–Crippen MR) is 198 cm³/mol. The van der Waals surface area contributed by atoms with Crippen molar-refractivity contribution < 1.29 is 38.7 Å². The monoisotopic (exact) mass is 789 g/mol. The number of hydrogen-bond acceptors (Lipinski definition) is 9. The number of phenols is 1. The second-order valence-corrected chi connectivity index (χ2v) is 14.5. The topological polar surface area (TPSA) is 267 Å². The number of carbonyl (C=O) groups is 5. The molecule has 4 unspecified atom stereocenters. The van der Waals surface area contributed by atoms with Crippen molar-refractivity contribution in [1.29, 1.82) is 0 Å². The third kappa shape index (κ3) is 17.5. The van der Waals surface area contributed by atoms with E-state index in [1.165, 1.54) is 12.1 Å². The molecule has 4 atom stereocenters. The first-order chi connectivity index (χ1) is 24.4. The first-order valence-corrected chi connectivity index (χ1v) is 17.7. The van der Waals surface area contributed by atoms with Crippen molar-refractivity contribution in [3.8, 4) is 5.75 Å². The molecule has 52 heavy (non-hydrogen) atoms. The number of quaternary nitrogens is 1. The van der Waals surface area contributed by atoms with E-state index in [0.717, 1.165) is 23.0 Å². The highest BCUT2D eigenvalue weighted by atomic mass is 79.9. The smallest absolute Gasteiger partial charge is 0.243 e. The zero-order valence-corrected chi connectivity index (χ0v) is 31.5. The van der Waals surface area contributed by atoms with Gasteiger partial charge in [-0.15, -0.1) is 0 Å². The number of unbranched alkanes of at least 4 members (excludes halogenated alkanes) is 1. The lowest BCUT2D eigenvalue weighted by Gasteiger charge is -2.27. The number of carboxylic acids is 1. The molecule has 0 spiro atoms. The summed E-state index contributed by atoms with van der Waals surface area (Å²) in [7, 11) is 6.14. The molecule has 2 aromatic rings. The van der Waals surface area contributed by atoms with Gasteiger partial charge in [0, 0.05) is 17.4 Å². The Bertz CT molecular complexity index is 1510. The Morgan fingerprint density at radius 2 is 1.29 bits per heavy atom. The van der Waals surface area contributed by atoms with E-state index in [9.17, 15) is 34.2 Å². The van der Waals surface area contributed by atoms with E-state index >= 15 is 0 Å². The molecule has 286 valence electrons. The molecule has 2 aromatic carbocycles. The highest BCUT2D eigenvalue weighted by molar-refractivity contribution is 9.10. The number of hydrogen-bond donors (Lipinski definition) is 8. The van der Waals surface area contributed by atoms with Crippen molar-refractivity contribution in [3.63, 3.8) is 0 Å². The molecule has 0 aliphatic heterocycles. The average Bonchev–Trinajstić information content (AvgIpc) is 3.07. The minimum absolute atomic E-state index is 0.0114. The summed E-state index contributed by atoms with van der Waals surface area (Å²) in [6, 6.07) is 8.77. The SMILES string of the molecule is C[N+](C)(C)CCCCC(NC(=O)C(N)Cc1ccc(Br)cc1)C(=O)NC(CCCN=C(N)N)C(=O)NC(Cc1ccc(O)cc1)C(=O)NCC(=O)[O-]. The second kappa shape index (κ2) is 21.6. The van der Waals surface area contributed by atoms with Crippen LogP contribution in [0.25, 0.3) is 0 Å². The van der Waals surface area contributed by atoms with E-state index in [0.29, 0.717) is 16.5 Å². The Labute approximate surface area is 312 Å². The van der Waals surface area contributed by atoms with Crippen LogP contribution < -0.4 is 43.6 Å². The number of carboxylic acid groups (broad SMARTS) is 1. The molecule has 0 fully saturated rings. The maximum absolute atomic E-state index is 13.9. The number of aliphatic carboxylic acids is 1. The maximum Gasteiger partial charge on any atom is 0.243 e. The van der Waals surface area contributed by atoms with Gasteiger partial charge < -0.3 is 58.0 Å². The molecule has 0 bridgehead atoms. The van der Waals surface area contributed by atoms with Gasteiger partial charge in [-0.3, -0.25) is 24.2 Å². The molecular formula is C35H52BrN9O7. The number of nitrogens with one attached hydrogen (secondary N) is 4. The average molecular weight is 791 g/mol. The fraction of sp³-hybridized carbons (Fsp3) is 0.486. The third-order valence-electron chi connectivity index (χ3n) is 7.90. The Morgan fingerprint density at radius 3 is 1.85 bits per heavy atom. The van der Waals surface area contributed by atoms with Crippen LogP contribution in [0.3, 0.4) is 0 Å². The van der Waals surface area contributed by atoms with Crippen LogP contribution in [0.1, 0.15) is 43.2 Å². The first kappa shape index (κ1) is 43.4. The number of nitrogens with two attached hydrogens (primary N) is 3. The molecule has 0 aromatic heterocycles. The molecule has 0 saturated carbocycles. The van der Waals surface area contributed by atoms with Gasteiger partial charge in [0.2, 0.25) is 23.6 Å². The molecule has 0 aliphatic carbocycles. The van der Waals surface area contributed by atoms with Gasteiger partial charge in [0.05, 0.1) is 46.2 Å². The van der Waals surface area contributed by atoms with E-state index in [1.807, 2.05) is 45.4 Å². The van der Waals surface area contributed by atoms with Crippen LogP contribution >= 0.6 is 15.9 Å². The largest absolute Gasteiger partial charge is 0.548 e. The van der Waals surface area contributed by atoms with Crippen molar-refractivity contribution in [2.75, 3.05) is 40.8 Å². The molecular weight excluding hydrogens is 738 g/mol. The molecule has 2 rings (SSSR count). The van der Waals surface area contributed by atoms with Crippen LogP contribution in [-0.2, 0) is 36.8 Å². The Kier molecular flexibility index (Phi) is 18.0. The van der Waals surface area contributed by atoms with Gasteiger partial charge in [0.15, 0.2) is 5.96 Å². The number of aromatic hydroxyl groups is 1. The minimum Gasteiger partial charge on any atom is -0.548 e. The Morgan fingerprint density at radius 1 is 0.769 bits per heavy atom. The van der Waals surface area contributed by atoms with Crippen molar-refractivity contribution in [2.24, 2.45) is 22.2 Å². The highest BCUT2D eigenvalue weighted by Gasteiger charge is 2.30. The van der Waals surface area contributed by atoms with Gasteiger partial charge in [-0.25, -0.2) is 0 Å². The summed E-state index contributed by atoms with van der Waals surface area (Å²) in [5, 5.41) is 31.0. The fourth-order valence-corrected chi connectivity index (χ4v) is 5.39. The zero-order chi connectivity index (χ0) is 38.8. The molecule has 11 N–H and O–H groups in total. The lowest BCUT2D eigenvalue weighted by molar-refractivity contribution is -0.870. The fourth-order valence-electron chi connectivity index (χ4n) is 5.13. The van der Waals surface area contributed by atoms with E-state index in [-0.39, 0.29) is 50.4 Å². The summed E-state index contributed by atoms with van der Waals surface area (Å²) >= 11 is 3.38. The van der Waals surface area contributed by atoms with Crippen molar-refractivity contribution in [1.82, 2.24) is 21.3 Å². The molecule has 0 heterocycles. The minimum atomic E-state index is -1.53. The Balaban J connectivity index is 2.31. The van der Waals surface area contributed by atoms with Gasteiger partial charge in [0.1, 0.15) is 23.9 Å². The predicted octanol–water partition coefficient (Wildman–Crippen LogP) is -1.48. The number of carbonyl (C=O) groups excluding carboxylic acids is 5. The van der Waals surface area contributed by atoms with Gasteiger partial charge >= 0.3 is 0 Å². The van der Waals surface area contributed by atoms with Crippen LogP contribution in [0.5, 0.6) is 5.75 Å². The van der Waals surface area contributed by atoms with Gasteiger partial charge in [-0.05, 0) is 73.9 Å². The van der Waals surface area contributed by atoms with Gasteiger partial charge in [-0.1, -0.05) is 40.2 Å². The number of nitrogens with zero attached hydrogens (tertiary/aromatic N) is 2. The maximum atomic E-state index is 13.9. The molecule has 0 radical (unpaired) electrons. The van der Waals surface area contributed by atoms with Crippen molar-refractivity contribution in [2.45, 2.75) is 69.1 Å². The van der Waals surface area contributed by atoms with E-state index in [1.54, 1.807) is 12.1 Å². The summed E-state index contributed by atoms with van der Waals surface area (Å²) in [4.78, 5) is 68.9. The number of phenolic OH excluding ortho intramolecular Hbond substituents is 1. The van der Waals surface area contributed by atoms with Crippen LogP contribution in [0.4, 0.5) is 0 Å². The number of guanidine groups is 1. The Hall–Kier alpha value is -4.74. The highest BCUT2D eigenvalue weighted by Crippen LogP contribution is 2.14. The normalized spacial score (nSPS) is 13.5. The number of halogens is 1. The molecule has 4 amide bonds. The van der Waals surface area contributed by atoms with E-state index in [4.69, 9.17) is 17.2 Å². The summed E-state index contributed by atoms with van der Waals surface area (Å²) in [5.41, 5.74) is 18.5. The van der Waals surface area contributed by atoms with Crippen molar-refractivity contribution >= 4 is 51.5 Å². The lowest BCUT2D eigenvalue weighted by atomic mass is 10.0. The summed E-state index contributed by atoms with van der Waals surface area (Å²) in [6.07, 6.45) is 2.08. The number of rotatable bonds is 22.